The van der Waals surface area contributed by atoms with E-state index in [9.17, 15) is 0 Å². The van der Waals surface area contributed by atoms with Crippen LogP contribution in [0, 0.1) is 55.4 Å². The van der Waals surface area contributed by atoms with Crippen molar-refractivity contribution in [2.75, 3.05) is 0 Å². The van der Waals surface area contributed by atoms with Crippen LogP contribution >= 0.6 is 0 Å². The molecule has 5 rings (SSSR count). The van der Waals surface area contributed by atoms with Crippen molar-refractivity contribution in [2.45, 2.75) is 261 Å². The molecular formula is C64H96. The lowest BCUT2D eigenvalue weighted by Gasteiger charge is -2.32. The molecule has 0 radical (unpaired) electrons. The summed E-state index contributed by atoms with van der Waals surface area (Å²) in [5.74, 6) is 1.57. The fraction of sp³-hybridized carbons (Fsp3) is 0.625. The summed E-state index contributed by atoms with van der Waals surface area (Å²) in [5.41, 5.74) is 24.6. The average Bonchev–Trinajstić information content (AvgIpc) is 3.25. The Labute approximate surface area is 396 Å². The van der Waals surface area contributed by atoms with Crippen molar-refractivity contribution in [3.8, 4) is 0 Å². The average molecular weight is 865 g/mol. The van der Waals surface area contributed by atoms with Crippen LogP contribution in [0.5, 0.6) is 0 Å². The largest absolute Gasteiger partial charge is 0.0654 e. The lowest BCUT2D eigenvalue weighted by atomic mass is 9.73. The second-order valence-electron chi connectivity index (χ2n) is 21.3. The summed E-state index contributed by atoms with van der Waals surface area (Å²) in [6.45, 7) is 28.9. The number of fused-ring (bicyclic) bond motifs is 8. The van der Waals surface area contributed by atoms with Crippen molar-refractivity contribution in [1.82, 2.24) is 0 Å². The third-order valence-electron chi connectivity index (χ3n) is 16.0. The Bertz CT molecular complexity index is 1640. The Kier molecular flexibility index (Phi) is 21.3. The van der Waals surface area contributed by atoms with E-state index in [0.717, 1.165) is 0 Å². The van der Waals surface area contributed by atoms with Gasteiger partial charge in [-0.05, 0) is 170 Å². The first kappa shape index (κ1) is 51.9. The summed E-state index contributed by atoms with van der Waals surface area (Å²) in [6.07, 6.45) is 31.4. The van der Waals surface area contributed by atoms with E-state index in [1.165, 1.54) is 199 Å². The van der Waals surface area contributed by atoms with Crippen LogP contribution in [-0.4, -0.2) is 0 Å². The van der Waals surface area contributed by atoms with Crippen molar-refractivity contribution >= 4 is 0 Å². The topological polar surface area (TPSA) is 0 Å². The molecule has 0 fully saturated rings. The van der Waals surface area contributed by atoms with Gasteiger partial charge in [-0.15, -0.1) is 0 Å². The van der Waals surface area contributed by atoms with Gasteiger partial charge in [0.25, 0.3) is 0 Å². The number of benzene rings is 4. The molecule has 0 saturated carbocycles. The molecule has 0 aliphatic heterocycles. The van der Waals surface area contributed by atoms with E-state index in [1.807, 2.05) is 0 Å². The SMILES string of the molecule is CCCCCCCC1c2cc(c(C)cc2C)C(CCCCCCC)c2cc(c(C)cc2C)C(CCCCCCC)c2cc(c(C)cc2C)C(CCCCCCC)c2cc1c(C)cc2C. The summed E-state index contributed by atoms with van der Waals surface area (Å²) in [7, 11) is 0. The molecule has 0 spiro atoms. The van der Waals surface area contributed by atoms with Gasteiger partial charge in [-0.2, -0.15) is 0 Å². The quantitative estimate of drug-likeness (QED) is 0.0616. The van der Waals surface area contributed by atoms with E-state index in [4.69, 9.17) is 0 Å². The van der Waals surface area contributed by atoms with E-state index in [-0.39, 0.29) is 0 Å². The van der Waals surface area contributed by atoms with Crippen LogP contribution in [0.4, 0.5) is 0 Å². The first-order valence-corrected chi connectivity index (χ1v) is 27.4. The van der Waals surface area contributed by atoms with Gasteiger partial charge in [0, 0.05) is 23.7 Å². The van der Waals surface area contributed by atoms with Crippen molar-refractivity contribution < 1.29 is 0 Å². The van der Waals surface area contributed by atoms with Crippen molar-refractivity contribution in [1.29, 1.82) is 0 Å². The molecule has 8 bridgehead atoms. The molecule has 1 aliphatic carbocycles. The minimum absolute atomic E-state index is 0.394. The zero-order valence-corrected chi connectivity index (χ0v) is 43.9. The molecule has 1 aliphatic rings. The summed E-state index contributed by atoms with van der Waals surface area (Å²) in [4.78, 5) is 0. The van der Waals surface area contributed by atoms with E-state index in [2.05, 4.69) is 132 Å². The molecule has 352 valence electrons. The maximum absolute atomic E-state index is 2.77. The number of hydrogen-bond acceptors (Lipinski definition) is 0. The number of aryl methyl sites for hydroxylation is 8. The fourth-order valence-electron chi connectivity index (χ4n) is 12.3. The van der Waals surface area contributed by atoms with E-state index < -0.39 is 0 Å². The Morgan fingerprint density at radius 3 is 0.531 bits per heavy atom. The molecule has 0 unspecified atom stereocenters. The minimum Gasteiger partial charge on any atom is -0.0654 e. The normalized spacial score (nSPS) is 17.3. The molecule has 4 aromatic carbocycles. The molecule has 4 aromatic rings. The van der Waals surface area contributed by atoms with Gasteiger partial charge >= 0.3 is 0 Å². The molecule has 0 saturated heterocycles. The molecule has 0 N–H and O–H groups in total. The van der Waals surface area contributed by atoms with E-state index in [1.54, 1.807) is 44.5 Å². The van der Waals surface area contributed by atoms with Crippen LogP contribution in [0.3, 0.4) is 0 Å². The molecule has 0 atom stereocenters. The van der Waals surface area contributed by atoms with Crippen molar-refractivity contribution in [2.24, 2.45) is 0 Å². The van der Waals surface area contributed by atoms with Crippen LogP contribution in [0.15, 0.2) is 48.5 Å². The summed E-state index contributed by atoms with van der Waals surface area (Å²) >= 11 is 0. The third-order valence-corrected chi connectivity index (χ3v) is 16.0. The highest BCUT2D eigenvalue weighted by atomic mass is 14.3. The molecule has 0 heteroatoms. The van der Waals surface area contributed by atoms with Crippen LogP contribution in [0.2, 0.25) is 0 Å². The Morgan fingerprint density at radius 1 is 0.219 bits per heavy atom. The zero-order valence-electron chi connectivity index (χ0n) is 43.9. The van der Waals surface area contributed by atoms with Gasteiger partial charge in [0.2, 0.25) is 0 Å². The zero-order chi connectivity index (χ0) is 46.2. The highest BCUT2D eigenvalue weighted by Crippen LogP contribution is 2.46. The summed E-state index contributed by atoms with van der Waals surface area (Å²) < 4.78 is 0. The molecule has 0 nitrogen and oxygen atoms in total. The third kappa shape index (κ3) is 13.5. The van der Waals surface area contributed by atoms with Crippen molar-refractivity contribution in [3.05, 3.63) is 138 Å². The lowest BCUT2D eigenvalue weighted by molar-refractivity contribution is 0.565. The summed E-state index contributed by atoms with van der Waals surface area (Å²) in [5, 5.41) is 0. The monoisotopic (exact) mass is 865 g/mol. The molecule has 0 amide bonds. The summed E-state index contributed by atoms with van der Waals surface area (Å²) in [6, 6.07) is 21.5. The maximum atomic E-state index is 2.77. The molecule has 64 heavy (non-hydrogen) atoms. The number of unbranched alkanes of at least 4 members (excludes halogenated alkanes) is 16. The van der Waals surface area contributed by atoms with E-state index in [0.29, 0.717) is 23.7 Å². The van der Waals surface area contributed by atoms with Crippen LogP contribution in [0.25, 0.3) is 0 Å². The van der Waals surface area contributed by atoms with Crippen LogP contribution < -0.4 is 0 Å². The van der Waals surface area contributed by atoms with Gasteiger partial charge in [0.15, 0.2) is 0 Å². The number of hydrogen-bond donors (Lipinski definition) is 0. The first-order valence-electron chi connectivity index (χ1n) is 27.4. The Balaban J connectivity index is 1.85. The van der Waals surface area contributed by atoms with Gasteiger partial charge in [0.1, 0.15) is 0 Å². The molecular weight excluding hydrogens is 769 g/mol. The van der Waals surface area contributed by atoms with E-state index >= 15 is 0 Å². The smallest absolute Gasteiger partial charge is 0.00948 e. The van der Waals surface area contributed by atoms with Crippen molar-refractivity contribution in [3.63, 3.8) is 0 Å². The van der Waals surface area contributed by atoms with Gasteiger partial charge in [-0.25, -0.2) is 0 Å². The highest BCUT2D eigenvalue weighted by Gasteiger charge is 2.30. The van der Waals surface area contributed by atoms with Crippen LogP contribution in [-0.2, 0) is 0 Å². The molecule has 0 heterocycles. The Hall–Kier alpha value is -3.12. The van der Waals surface area contributed by atoms with Gasteiger partial charge in [-0.3, -0.25) is 0 Å². The molecule has 0 aromatic heterocycles. The second-order valence-corrected chi connectivity index (χ2v) is 21.3. The Morgan fingerprint density at radius 2 is 0.375 bits per heavy atom. The fourth-order valence-corrected chi connectivity index (χ4v) is 12.3. The van der Waals surface area contributed by atoms with Gasteiger partial charge in [-0.1, -0.05) is 205 Å². The van der Waals surface area contributed by atoms with Gasteiger partial charge in [0.05, 0.1) is 0 Å². The maximum Gasteiger partial charge on any atom is 0.00948 e. The lowest BCUT2D eigenvalue weighted by Crippen LogP contribution is -2.15. The predicted molar refractivity (Wildman–Crippen MR) is 285 cm³/mol. The van der Waals surface area contributed by atoms with Gasteiger partial charge < -0.3 is 0 Å². The minimum atomic E-state index is 0.394. The predicted octanol–water partition coefficient (Wildman–Crippen LogP) is 20.4. The second kappa shape index (κ2) is 26.3. The standard InChI is InChI=1S/C64H96/c1-13-17-21-25-29-33-53-57-41-59(47(7)37-45(57)5)54(34-30-26-22-18-14-2)61-43-63(51(11)39-49(61)9)56(36-32-28-24-20-16-4)64-44-62(50(10)40-52(64)12)55(35-31-27-23-19-15-3)60-42-58(53)46(6)38-48(60)8/h37-44,53-56H,13-36H2,1-12H3. The first-order chi connectivity index (χ1) is 30.9. The number of rotatable bonds is 24. The highest BCUT2D eigenvalue weighted by molar-refractivity contribution is 5.56. The van der Waals surface area contributed by atoms with Crippen LogP contribution in [0.1, 0.15) is 294 Å².